The molecule has 20 heavy (non-hydrogen) atoms. The molecule has 0 atom stereocenters. The third-order valence-corrected chi connectivity index (χ3v) is 3.59. The molecule has 2 aromatic rings. The molecule has 0 aromatic carbocycles. The lowest BCUT2D eigenvalue weighted by atomic mass is 10.3. The Hall–Kier alpha value is -2.02. The minimum absolute atomic E-state index is 0.0942. The van der Waals surface area contributed by atoms with E-state index in [2.05, 4.69) is 9.72 Å². The van der Waals surface area contributed by atoms with E-state index in [0.717, 1.165) is 16.2 Å². The second-order valence-electron chi connectivity index (χ2n) is 4.00. The highest BCUT2D eigenvalue weighted by atomic mass is 32.1. The van der Waals surface area contributed by atoms with Gasteiger partial charge in [-0.3, -0.25) is 9.78 Å². The molecular weight excluding hydrogens is 286 g/mol. The first-order valence-electron chi connectivity index (χ1n) is 5.72. The van der Waals surface area contributed by atoms with Gasteiger partial charge in [-0.2, -0.15) is 8.78 Å². The number of ether oxygens (including phenoxy) is 1. The van der Waals surface area contributed by atoms with Crippen molar-refractivity contribution < 1.29 is 18.3 Å². The van der Waals surface area contributed by atoms with Crippen molar-refractivity contribution in [3.05, 3.63) is 40.3 Å². The van der Waals surface area contributed by atoms with E-state index >= 15 is 0 Å². The molecule has 0 aliphatic carbocycles. The van der Waals surface area contributed by atoms with Gasteiger partial charge in [0.1, 0.15) is 10.6 Å². The van der Waals surface area contributed by atoms with Crippen LogP contribution in [-0.4, -0.2) is 24.6 Å². The second kappa shape index (κ2) is 5.96. The predicted molar refractivity (Wildman–Crippen MR) is 72.7 cm³/mol. The van der Waals surface area contributed by atoms with Crippen LogP contribution in [0.1, 0.15) is 14.5 Å². The number of halogens is 2. The summed E-state index contributed by atoms with van der Waals surface area (Å²) in [7, 11) is 1.56. The third kappa shape index (κ3) is 3.11. The maximum atomic E-state index is 12.3. The molecule has 7 heteroatoms. The zero-order valence-electron chi connectivity index (χ0n) is 10.8. The number of hydrogen-bond donors (Lipinski definition) is 0. The molecule has 0 N–H and O–H groups in total. The number of pyridine rings is 1. The van der Waals surface area contributed by atoms with Crippen LogP contribution in [0.3, 0.4) is 0 Å². The molecule has 0 fully saturated rings. The maximum Gasteiger partial charge on any atom is 0.387 e. The zero-order valence-corrected chi connectivity index (χ0v) is 11.7. The fourth-order valence-electron chi connectivity index (χ4n) is 1.65. The highest BCUT2D eigenvalue weighted by Gasteiger charge is 2.22. The molecule has 4 nitrogen and oxygen atoms in total. The van der Waals surface area contributed by atoms with Gasteiger partial charge in [-0.05, 0) is 25.1 Å². The summed E-state index contributed by atoms with van der Waals surface area (Å²) >= 11 is 1.12. The molecule has 0 radical (unpaired) electrons. The number of aryl methyl sites for hydroxylation is 1. The van der Waals surface area contributed by atoms with E-state index in [1.54, 1.807) is 32.3 Å². The van der Waals surface area contributed by atoms with Crippen molar-refractivity contribution in [2.24, 2.45) is 0 Å². The van der Waals surface area contributed by atoms with Crippen molar-refractivity contribution in [2.75, 3.05) is 11.9 Å². The van der Waals surface area contributed by atoms with Gasteiger partial charge in [0.2, 0.25) is 0 Å². The maximum absolute atomic E-state index is 12.3. The number of aromatic nitrogens is 1. The number of amides is 1. The summed E-state index contributed by atoms with van der Waals surface area (Å²) in [6.45, 7) is -1.23. The molecule has 0 aliphatic heterocycles. The van der Waals surface area contributed by atoms with Crippen LogP contribution in [-0.2, 0) is 0 Å². The molecule has 0 unspecified atom stereocenters. The standard InChI is InChI=1S/C13H12F2N2O2S/c1-8-6-10(19-13(14)15)11(20-8)12(18)17(2)9-4-3-5-16-7-9/h3-7,13H,1-2H3. The lowest BCUT2D eigenvalue weighted by Gasteiger charge is -2.16. The average molecular weight is 298 g/mol. The highest BCUT2D eigenvalue weighted by Crippen LogP contribution is 2.32. The van der Waals surface area contributed by atoms with Crippen molar-refractivity contribution in [2.45, 2.75) is 13.5 Å². The minimum atomic E-state index is -2.96. The summed E-state index contributed by atoms with van der Waals surface area (Å²) in [4.78, 5) is 18.5. The lowest BCUT2D eigenvalue weighted by Crippen LogP contribution is -2.26. The quantitative estimate of drug-likeness (QED) is 0.869. The second-order valence-corrected chi connectivity index (χ2v) is 5.26. The van der Waals surface area contributed by atoms with Gasteiger partial charge in [0, 0.05) is 18.1 Å². The van der Waals surface area contributed by atoms with Gasteiger partial charge in [0.15, 0.2) is 0 Å². The molecule has 0 saturated heterocycles. The molecule has 106 valence electrons. The average Bonchev–Trinajstić information content (AvgIpc) is 2.78. The largest absolute Gasteiger partial charge is 0.433 e. The zero-order chi connectivity index (χ0) is 14.7. The molecule has 2 heterocycles. The Bertz CT molecular complexity index is 602. The number of rotatable bonds is 4. The summed E-state index contributed by atoms with van der Waals surface area (Å²) in [6.07, 6.45) is 3.11. The van der Waals surface area contributed by atoms with E-state index < -0.39 is 12.5 Å². The number of alkyl halides is 2. The molecule has 0 saturated carbocycles. The van der Waals surface area contributed by atoms with Crippen molar-refractivity contribution in [1.82, 2.24) is 4.98 Å². The SMILES string of the molecule is Cc1cc(OC(F)F)c(C(=O)N(C)c2cccnc2)s1. The molecule has 0 bridgehead atoms. The summed E-state index contributed by atoms with van der Waals surface area (Å²) in [5.41, 5.74) is 0.576. The Morgan fingerprint density at radius 1 is 1.50 bits per heavy atom. The van der Waals surface area contributed by atoms with Gasteiger partial charge < -0.3 is 9.64 Å². The van der Waals surface area contributed by atoms with Crippen molar-refractivity contribution in [3.8, 4) is 5.75 Å². The number of thiophene rings is 1. The van der Waals surface area contributed by atoms with Crippen LogP contribution >= 0.6 is 11.3 Å². The predicted octanol–water partition coefficient (Wildman–Crippen LogP) is 3.33. The van der Waals surface area contributed by atoms with Crippen LogP contribution in [0.2, 0.25) is 0 Å². The van der Waals surface area contributed by atoms with E-state index in [-0.39, 0.29) is 10.6 Å². The molecule has 1 amide bonds. The molecule has 2 aromatic heterocycles. The van der Waals surface area contributed by atoms with Crippen LogP contribution in [0, 0.1) is 6.92 Å². The molecular formula is C13H12F2N2O2S. The van der Waals surface area contributed by atoms with Crippen LogP contribution in [0.4, 0.5) is 14.5 Å². The van der Waals surface area contributed by atoms with E-state index in [9.17, 15) is 13.6 Å². The number of hydrogen-bond acceptors (Lipinski definition) is 4. The first-order chi connectivity index (χ1) is 9.49. The Morgan fingerprint density at radius 3 is 2.85 bits per heavy atom. The van der Waals surface area contributed by atoms with Gasteiger partial charge in [-0.25, -0.2) is 0 Å². The normalized spacial score (nSPS) is 10.7. The van der Waals surface area contributed by atoms with Crippen LogP contribution in [0.15, 0.2) is 30.6 Å². The smallest absolute Gasteiger partial charge is 0.387 e. The van der Waals surface area contributed by atoms with Crippen LogP contribution in [0.5, 0.6) is 5.75 Å². The first-order valence-corrected chi connectivity index (χ1v) is 6.54. The summed E-state index contributed by atoms with van der Waals surface area (Å²) in [5.74, 6) is -0.505. The fraction of sp³-hybridized carbons (Fsp3) is 0.231. The summed E-state index contributed by atoms with van der Waals surface area (Å²) in [6, 6.07) is 4.83. The van der Waals surface area contributed by atoms with Gasteiger partial charge >= 0.3 is 6.61 Å². The number of carbonyl (C=O) groups is 1. The van der Waals surface area contributed by atoms with E-state index in [4.69, 9.17) is 0 Å². The molecule has 2 rings (SSSR count). The molecule has 0 aliphatic rings. The van der Waals surface area contributed by atoms with Crippen molar-refractivity contribution in [1.29, 1.82) is 0 Å². The Kier molecular flexibility index (Phi) is 4.29. The molecule has 0 spiro atoms. The lowest BCUT2D eigenvalue weighted by molar-refractivity contribution is -0.0498. The van der Waals surface area contributed by atoms with E-state index in [0.29, 0.717) is 5.69 Å². The van der Waals surface area contributed by atoms with Gasteiger partial charge in [0.05, 0.1) is 11.9 Å². The van der Waals surface area contributed by atoms with Crippen LogP contribution < -0.4 is 9.64 Å². The van der Waals surface area contributed by atoms with Gasteiger partial charge in [-0.1, -0.05) is 0 Å². The van der Waals surface area contributed by atoms with Crippen molar-refractivity contribution >= 4 is 22.9 Å². The van der Waals surface area contributed by atoms with Crippen molar-refractivity contribution in [3.63, 3.8) is 0 Å². The van der Waals surface area contributed by atoms with Gasteiger partial charge in [-0.15, -0.1) is 11.3 Å². The monoisotopic (exact) mass is 298 g/mol. The van der Waals surface area contributed by atoms with Crippen LogP contribution in [0.25, 0.3) is 0 Å². The fourth-order valence-corrected chi connectivity index (χ4v) is 2.57. The summed E-state index contributed by atoms with van der Waals surface area (Å²) < 4.78 is 29.1. The third-order valence-electron chi connectivity index (χ3n) is 2.57. The van der Waals surface area contributed by atoms with E-state index in [1.165, 1.54) is 17.2 Å². The van der Waals surface area contributed by atoms with Gasteiger partial charge in [0.25, 0.3) is 5.91 Å². The topological polar surface area (TPSA) is 42.4 Å². The van der Waals surface area contributed by atoms with E-state index in [1.807, 2.05) is 0 Å². The number of nitrogens with zero attached hydrogens (tertiary/aromatic N) is 2. The number of anilines is 1. The minimum Gasteiger partial charge on any atom is -0.433 e. The summed E-state index contributed by atoms with van der Waals surface area (Å²) in [5, 5.41) is 0. The Balaban J connectivity index is 2.29. The highest BCUT2D eigenvalue weighted by molar-refractivity contribution is 7.14. The Morgan fingerprint density at radius 2 is 2.25 bits per heavy atom. The Labute approximate surface area is 118 Å². The first kappa shape index (κ1) is 14.4. The number of carbonyl (C=O) groups excluding carboxylic acids is 1.